The van der Waals surface area contributed by atoms with Gasteiger partial charge in [0, 0.05) is 45.5 Å². The molecule has 6 heteroatoms. The molecule has 1 aliphatic heterocycles. The number of ether oxygens (including phenoxy) is 1. The Morgan fingerprint density at radius 1 is 1.29 bits per heavy atom. The average molecular weight is 288 g/mol. The molecule has 2 amide bonds. The maximum atomic E-state index is 12.1. The molecule has 0 aliphatic carbocycles. The minimum absolute atomic E-state index is 0.0916. The normalized spacial score (nSPS) is 15.5. The van der Waals surface area contributed by atoms with Crippen molar-refractivity contribution in [2.24, 2.45) is 0 Å². The van der Waals surface area contributed by atoms with Crippen LogP contribution in [0, 0.1) is 11.3 Å². The fraction of sp³-hybridized carbons (Fsp3) is 0.467. The van der Waals surface area contributed by atoms with Gasteiger partial charge in [0.2, 0.25) is 0 Å². The average Bonchev–Trinajstić information content (AvgIpc) is 2.54. The van der Waals surface area contributed by atoms with Gasteiger partial charge in [-0.1, -0.05) is 0 Å². The van der Waals surface area contributed by atoms with Crippen LogP contribution in [0.15, 0.2) is 24.3 Å². The van der Waals surface area contributed by atoms with E-state index in [1.807, 2.05) is 4.90 Å². The van der Waals surface area contributed by atoms with Gasteiger partial charge in [0.1, 0.15) is 0 Å². The summed E-state index contributed by atoms with van der Waals surface area (Å²) in [6.07, 6.45) is 0. The number of anilines is 1. The van der Waals surface area contributed by atoms with E-state index in [0.717, 1.165) is 26.2 Å². The van der Waals surface area contributed by atoms with E-state index < -0.39 is 0 Å². The highest BCUT2D eigenvalue weighted by molar-refractivity contribution is 5.89. The summed E-state index contributed by atoms with van der Waals surface area (Å²) in [5.74, 6) is 0. The van der Waals surface area contributed by atoms with Gasteiger partial charge in [0.15, 0.2) is 0 Å². The first-order chi connectivity index (χ1) is 10.2. The summed E-state index contributed by atoms with van der Waals surface area (Å²) in [5.41, 5.74) is 1.29. The van der Waals surface area contributed by atoms with Gasteiger partial charge in [0.05, 0.1) is 18.2 Å². The molecule has 1 saturated heterocycles. The number of nitrogens with zero attached hydrogens (tertiary/aromatic N) is 3. The maximum absolute atomic E-state index is 12.1. The number of hydrogen-bond acceptors (Lipinski definition) is 4. The second-order valence-electron chi connectivity index (χ2n) is 4.94. The third-order valence-electron chi connectivity index (χ3n) is 3.54. The number of nitriles is 1. The highest BCUT2D eigenvalue weighted by Crippen LogP contribution is 2.11. The SMILES string of the molecule is COCCN1CCN(C(=O)Nc2ccc(C#N)cc2)CC1. The molecule has 0 atom stereocenters. The first-order valence-electron chi connectivity index (χ1n) is 7.00. The maximum Gasteiger partial charge on any atom is 0.321 e. The number of piperazine rings is 1. The molecule has 0 unspecified atom stereocenters. The molecule has 2 rings (SSSR count). The minimum Gasteiger partial charge on any atom is -0.383 e. The minimum atomic E-state index is -0.0916. The number of methoxy groups -OCH3 is 1. The van der Waals surface area contributed by atoms with Crippen LogP contribution < -0.4 is 5.32 Å². The van der Waals surface area contributed by atoms with Gasteiger partial charge >= 0.3 is 6.03 Å². The molecule has 1 heterocycles. The van der Waals surface area contributed by atoms with Crippen molar-refractivity contribution in [2.75, 3.05) is 51.8 Å². The zero-order valence-electron chi connectivity index (χ0n) is 12.2. The lowest BCUT2D eigenvalue weighted by atomic mass is 10.2. The summed E-state index contributed by atoms with van der Waals surface area (Å²) < 4.78 is 5.06. The molecule has 1 N–H and O–H groups in total. The van der Waals surface area contributed by atoms with Crippen molar-refractivity contribution in [1.29, 1.82) is 5.26 Å². The van der Waals surface area contributed by atoms with Crippen molar-refractivity contribution < 1.29 is 9.53 Å². The zero-order valence-corrected chi connectivity index (χ0v) is 12.2. The van der Waals surface area contributed by atoms with Crippen molar-refractivity contribution >= 4 is 11.7 Å². The molecule has 0 spiro atoms. The van der Waals surface area contributed by atoms with Crippen molar-refractivity contribution in [3.05, 3.63) is 29.8 Å². The van der Waals surface area contributed by atoms with Gasteiger partial charge in [0.25, 0.3) is 0 Å². The van der Waals surface area contributed by atoms with Crippen LogP contribution in [0.4, 0.5) is 10.5 Å². The van der Waals surface area contributed by atoms with Gasteiger partial charge in [-0.25, -0.2) is 4.79 Å². The molecule has 1 aromatic rings. The lowest BCUT2D eigenvalue weighted by molar-refractivity contribution is 0.109. The largest absolute Gasteiger partial charge is 0.383 e. The summed E-state index contributed by atoms with van der Waals surface area (Å²) in [7, 11) is 1.70. The summed E-state index contributed by atoms with van der Waals surface area (Å²) in [5, 5.41) is 11.6. The summed E-state index contributed by atoms with van der Waals surface area (Å²) >= 11 is 0. The third-order valence-corrected chi connectivity index (χ3v) is 3.54. The van der Waals surface area contributed by atoms with Crippen molar-refractivity contribution in [3.8, 4) is 6.07 Å². The molecular weight excluding hydrogens is 268 g/mol. The summed E-state index contributed by atoms with van der Waals surface area (Å²) in [6.45, 7) is 4.78. The zero-order chi connectivity index (χ0) is 15.1. The summed E-state index contributed by atoms with van der Waals surface area (Å²) in [6, 6.07) is 8.83. The monoisotopic (exact) mass is 288 g/mol. The van der Waals surface area contributed by atoms with Crippen LogP contribution in [0.25, 0.3) is 0 Å². The van der Waals surface area contributed by atoms with E-state index in [-0.39, 0.29) is 6.03 Å². The Labute approximate surface area is 124 Å². The number of carbonyl (C=O) groups is 1. The molecule has 21 heavy (non-hydrogen) atoms. The molecule has 0 bridgehead atoms. The number of amides is 2. The third kappa shape index (κ3) is 4.45. The number of rotatable bonds is 4. The van der Waals surface area contributed by atoms with Gasteiger partial charge < -0.3 is 15.0 Å². The van der Waals surface area contributed by atoms with E-state index in [9.17, 15) is 4.79 Å². The highest BCUT2D eigenvalue weighted by Gasteiger charge is 2.20. The number of nitrogens with one attached hydrogen (secondary N) is 1. The van der Waals surface area contributed by atoms with Crippen molar-refractivity contribution in [1.82, 2.24) is 9.80 Å². The van der Waals surface area contributed by atoms with Crippen LogP contribution in [-0.4, -0.2) is 62.3 Å². The Hall–Kier alpha value is -2.10. The van der Waals surface area contributed by atoms with Crippen molar-refractivity contribution in [3.63, 3.8) is 0 Å². The Kier molecular flexibility index (Phi) is 5.55. The van der Waals surface area contributed by atoms with Crippen LogP contribution in [0.2, 0.25) is 0 Å². The molecular formula is C15H20N4O2. The topological polar surface area (TPSA) is 68.6 Å². The number of urea groups is 1. The smallest absolute Gasteiger partial charge is 0.321 e. The van der Waals surface area contributed by atoms with E-state index in [2.05, 4.69) is 16.3 Å². The lowest BCUT2D eigenvalue weighted by Crippen LogP contribution is -2.50. The quantitative estimate of drug-likeness (QED) is 0.908. The molecule has 1 aromatic carbocycles. The molecule has 0 saturated carbocycles. The van der Waals surface area contributed by atoms with Crippen LogP contribution in [0.5, 0.6) is 0 Å². The van der Waals surface area contributed by atoms with Crippen LogP contribution in [-0.2, 0) is 4.74 Å². The molecule has 1 aliphatic rings. The number of hydrogen-bond donors (Lipinski definition) is 1. The highest BCUT2D eigenvalue weighted by atomic mass is 16.5. The van der Waals surface area contributed by atoms with Gasteiger partial charge in [-0.05, 0) is 24.3 Å². The van der Waals surface area contributed by atoms with E-state index in [1.54, 1.807) is 31.4 Å². The Morgan fingerprint density at radius 3 is 2.52 bits per heavy atom. The standard InChI is InChI=1S/C15H20N4O2/c1-21-11-10-18-6-8-19(9-7-18)15(20)17-14-4-2-13(12-16)3-5-14/h2-5H,6-11H2,1H3,(H,17,20). The Balaban J connectivity index is 1.80. The predicted molar refractivity (Wildman–Crippen MR) is 80.1 cm³/mol. The van der Waals surface area contributed by atoms with Gasteiger partial charge in [-0.2, -0.15) is 5.26 Å². The fourth-order valence-electron chi connectivity index (χ4n) is 2.23. The van der Waals surface area contributed by atoms with Crippen LogP contribution in [0.3, 0.4) is 0 Å². The first kappa shape index (κ1) is 15.3. The second kappa shape index (κ2) is 7.62. The van der Waals surface area contributed by atoms with Crippen molar-refractivity contribution in [2.45, 2.75) is 0 Å². The lowest BCUT2D eigenvalue weighted by Gasteiger charge is -2.34. The second-order valence-corrected chi connectivity index (χ2v) is 4.94. The van der Waals surface area contributed by atoms with E-state index in [1.165, 1.54) is 0 Å². The number of benzene rings is 1. The van der Waals surface area contributed by atoms with Crippen LogP contribution in [0.1, 0.15) is 5.56 Å². The van der Waals surface area contributed by atoms with E-state index in [0.29, 0.717) is 24.3 Å². The van der Waals surface area contributed by atoms with E-state index in [4.69, 9.17) is 10.00 Å². The Bertz CT molecular complexity index is 501. The summed E-state index contributed by atoms with van der Waals surface area (Å²) in [4.78, 5) is 16.2. The predicted octanol–water partition coefficient (Wildman–Crippen LogP) is 1.35. The molecule has 0 radical (unpaired) electrons. The molecule has 0 aromatic heterocycles. The van der Waals surface area contributed by atoms with Crippen LogP contribution >= 0.6 is 0 Å². The molecule has 1 fully saturated rings. The van der Waals surface area contributed by atoms with Gasteiger partial charge in [-0.3, -0.25) is 4.90 Å². The molecule has 112 valence electrons. The van der Waals surface area contributed by atoms with Gasteiger partial charge in [-0.15, -0.1) is 0 Å². The number of carbonyl (C=O) groups excluding carboxylic acids is 1. The first-order valence-corrected chi connectivity index (χ1v) is 7.00. The Morgan fingerprint density at radius 2 is 1.95 bits per heavy atom. The van der Waals surface area contributed by atoms with E-state index >= 15 is 0 Å². The molecule has 6 nitrogen and oxygen atoms in total. The fourth-order valence-corrected chi connectivity index (χ4v) is 2.23.